The third-order valence-corrected chi connectivity index (χ3v) is 5.12. The Morgan fingerprint density at radius 1 is 1.19 bits per heavy atom. The smallest absolute Gasteiger partial charge is 0.191 e. The van der Waals surface area contributed by atoms with Crippen LogP contribution in [0.1, 0.15) is 5.82 Å². The quantitative estimate of drug-likeness (QED) is 0.343. The lowest BCUT2D eigenvalue weighted by molar-refractivity contribution is 0.380. The van der Waals surface area contributed by atoms with Crippen LogP contribution in [0.5, 0.6) is 0 Å². The van der Waals surface area contributed by atoms with Crippen LogP contribution in [0.15, 0.2) is 41.0 Å². The van der Waals surface area contributed by atoms with Gasteiger partial charge in [-0.25, -0.2) is 4.98 Å². The van der Waals surface area contributed by atoms with E-state index in [-0.39, 0.29) is 24.0 Å². The number of anilines is 1. The SMILES string of the molecule is I.NC(=NCCc1nnc2ccccn12)N1CCN(c2nccs2)CC1. The highest BCUT2D eigenvalue weighted by Gasteiger charge is 2.19. The Kier molecular flexibility index (Phi) is 6.25. The molecule has 26 heavy (non-hydrogen) atoms. The predicted molar refractivity (Wildman–Crippen MR) is 114 cm³/mol. The van der Waals surface area contributed by atoms with Gasteiger partial charge < -0.3 is 15.5 Å². The molecule has 0 atom stereocenters. The van der Waals surface area contributed by atoms with Gasteiger partial charge in [-0.3, -0.25) is 9.39 Å². The number of thiazole rings is 1. The molecule has 3 aromatic heterocycles. The Balaban J connectivity index is 0.00000196. The van der Waals surface area contributed by atoms with Crippen molar-refractivity contribution in [3.8, 4) is 0 Å². The summed E-state index contributed by atoms with van der Waals surface area (Å²) >= 11 is 1.67. The largest absolute Gasteiger partial charge is 0.370 e. The number of hydrogen-bond acceptors (Lipinski definition) is 6. The molecular formula is C16H21IN8S. The number of pyridine rings is 1. The fourth-order valence-corrected chi connectivity index (χ4v) is 3.63. The van der Waals surface area contributed by atoms with E-state index in [4.69, 9.17) is 5.73 Å². The van der Waals surface area contributed by atoms with E-state index in [2.05, 4.69) is 30.0 Å². The van der Waals surface area contributed by atoms with E-state index in [1.807, 2.05) is 40.4 Å². The zero-order valence-electron chi connectivity index (χ0n) is 14.2. The second-order valence-corrected chi connectivity index (χ2v) is 6.70. The van der Waals surface area contributed by atoms with E-state index < -0.39 is 0 Å². The monoisotopic (exact) mass is 484 g/mol. The van der Waals surface area contributed by atoms with Crippen LogP contribution in [0.3, 0.4) is 0 Å². The average Bonchev–Trinajstić information content (AvgIpc) is 3.32. The van der Waals surface area contributed by atoms with E-state index in [1.165, 1.54) is 0 Å². The second-order valence-electron chi connectivity index (χ2n) is 5.82. The molecule has 138 valence electrons. The van der Waals surface area contributed by atoms with Crippen LogP contribution in [0, 0.1) is 0 Å². The molecular weight excluding hydrogens is 463 g/mol. The summed E-state index contributed by atoms with van der Waals surface area (Å²) in [5.41, 5.74) is 7.02. The molecule has 1 aliphatic heterocycles. The van der Waals surface area contributed by atoms with Crippen molar-refractivity contribution in [2.75, 3.05) is 37.6 Å². The molecule has 0 radical (unpaired) electrons. The summed E-state index contributed by atoms with van der Waals surface area (Å²) in [5.74, 6) is 1.51. The first kappa shape index (κ1) is 18.8. The first-order chi connectivity index (χ1) is 12.3. The van der Waals surface area contributed by atoms with E-state index in [9.17, 15) is 0 Å². The average molecular weight is 484 g/mol. The van der Waals surface area contributed by atoms with Crippen molar-refractivity contribution < 1.29 is 0 Å². The molecule has 0 saturated carbocycles. The minimum Gasteiger partial charge on any atom is -0.370 e. The Bertz CT molecular complexity index is 854. The van der Waals surface area contributed by atoms with Gasteiger partial charge in [-0.1, -0.05) is 6.07 Å². The maximum Gasteiger partial charge on any atom is 0.191 e. The molecule has 0 amide bonds. The van der Waals surface area contributed by atoms with Gasteiger partial charge >= 0.3 is 0 Å². The van der Waals surface area contributed by atoms with Gasteiger partial charge in [-0.05, 0) is 12.1 Å². The molecule has 8 nitrogen and oxygen atoms in total. The highest BCUT2D eigenvalue weighted by molar-refractivity contribution is 14.0. The van der Waals surface area contributed by atoms with Crippen molar-refractivity contribution in [1.82, 2.24) is 24.5 Å². The van der Waals surface area contributed by atoms with Gasteiger partial charge in [0.2, 0.25) is 0 Å². The Hall–Kier alpha value is -1.95. The lowest BCUT2D eigenvalue weighted by Gasteiger charge is -2.35. The molecule has 1 saturated heterocycles. The number of halogens is 1. The normalized spacial score (nSPS) is 15.3. The van der Waals surface area contributed by atoms with Gasteiger partial charge in [0.25, 0.3) is 0 Å². The maximum absolute atomic E-state index is 6.17. The van der Waals surface area contributed by atoms with E-state index >= 15 is 0 Å². The van der Waals surface area contributed by atoms with Gasteiger partial charge in [-0.15, -0.1) is 45.5 Å². The van der Waals surface area contributed by atoms with Crippen LogP contribution in [0.25, 0.3) is 5.65 Å². The third-order valence-electron chi connectivity index (χ3n) is 4.29. The molecule has 0 unspecified atom stereocenters. The van der Waals surface area contributed by atoms with Gasteiger partial charge in [0.1, 0.15) is 5.82 Å². The lowest BCUT2D eigenvalue weighted by atomic mass is 10.3. The van der Waals surface area contributed by atoms with Crippen LogP contribution in [-0.2, 0) is 6.42 Å². The van der Waals surface area contributed by atoms with Crippen LogP contribution in [0.2, 0.25) is 0 Å². The first-order valence-electron chi connectivity index (χ1n) is 8.29. The molecule has 0 bridgehead atoms. The highest BCUT2D eigenvalue weighted by Crippen LogP contribution is 2.18. The molecule has 3 aromatic rings. The number of guanidine groups is 1. The second kappa shape index (κ2) is 8.62. The summed E-state index contributed by atoms with van der Waals surface area (Å²) in [5, 5.41) is 11.5. The molecule has 0 aromatic carbocycles. The Morgan fingerprint density at radius 3 is 2.81 bits per heavy atom. The third kappa shape index (κ3) is 4.06. The summed E-state index contributed by atoms with van der Waals surface area (Å²) in [6.07, 6.45) is 4.52. The minimum atomic E-state index is 0. The number of nitrogens with two attached hydrogens (primary N) is 1. The van der Waals surface area contributed by atoms with Crippen molar-refractivity contribution in [3.63, 3.8) is 0 Å². The van der Waals surface area contributed by atoms with E-state index in [0.717, 1.165) is 42.8 Å². The Labute approximate surface area is 172 Å². The zero-order valence-corrected chi connectivity index (χ0v) is 17.4. The molecule has 4 rings (SSSR count). The topological polar surface area (TPSA) is 87.9 Å². The van der Waals surface area contributed by atoms with Crippen LogP contribution in [0.4, 0.5) is 5.13 Å². The first-order valence-corrected chi connectivity index (χ1v) is 9.17. The number of fused-ring (bicyclic) bond motifs is 1. The molecule has 1 aliphatic rings. The summed E-state index contributed by atoms with van der Waals surface area (Å²) in [6.45, 7) is 4.16. The number of piperazine rings is 1. The van der Waals surface area contributed by atoms with Gasteiger partial charge in [-0.2, -0.15) is 0 Å². The van der Waals surface area contributed by atoms with Crippen molar-refractivity contribution in [3.05, 3.63) is 41.8 Å². The molecule has 0 aliphatic carbocycles. The van der Waals surface area contributed by atoms with Gasteiger partial charge in [0.15, 0.2) is 16.7 Å². The van der Waals surface area contributed by atoms with Crippen LogP contribution < -0.4 is 10.6 Å². The van der Waals surface area contributed by atoms with Crippen LogP contribution in [-0.4, -0.2) is 63.2 Å². The summed E-state index contributed by atoms with van der Waals surface area (Å²) < 4.78 is 1.98. The number of nitrogens with zero attached hydrogens (tertiary/aromatic N) is 7. The van der Waals surface area contributed by atoms with Crippen molar-refractivity contribution >= 4 is 52.1 Å². The van der Waals surface area contributed by atoms with E-state index in [0.29, 0.717) is 18.9 Å². The number of aromatic nitrogens is 4. The minimum absolute atomic E-state index is 0. The van der Waals surface area contributed by atoms with Crippen molar-refractivity contribution in [2.24, 2.45) is 10.7 Å². The molecule has 4 heterocycles. The molecule has 0 spiro atoms. The van der Waals surface area contributed by atoms with Gasteiger partial charge in [0.05, 0.1) is 0 Å². The summed E-state index contributed by atoms with van der Waals surface area (Å²) in [4.78, 5) is 13.3. The van der Waals surface area contributed by atoms with Gasteiger partial charge in [0, 0.05) is 56.9 Å². The number of aliphatic imine (C=N–C) groups is 1. The number of hydrogen-bond donors (Lipinski definition) is 1. The standard InChI is InChI=1S/C16H20N8S.HI/c17-15(22-8-10-23(11-9-22)16-19-6-12-25-16)18-5-4-14-21-20-13-3-1-2-7-24(13)14;/h1-3,6-7,12H,4-5,8-11H2,(H2,17,18);1H. The van der Waals surface area contributed by atoms with Crippen molar-refractivity contribution in [2.45, 2.75) is 6.42 Å². The number of rotatable bonds is 4. The van der Waals surface area contributed by atoms with Crippen molar-refractivity contribution in [1.29, 1.82) is 0 Å². The molecule has 2 N–H and O–H groups in total. The van der Waals surface area contributed by atoms with E-state index in [1.54, 1.807) is 11.3 Å². The molecule has 1 fully saturated rings. The fraction of sp³-hybridized carbons (Fsp3) is 0.375. The molecule has 10 heteroatoms. The fourth-order valence-electron chi connectivity index (χ4n) is 2.93. The zero-order chi connectivity index (χ0) is 17.1. The summed E-state index contributed by atoms with van der Waals surface area (Å²) in [6, 6.07) is 5.87. The predicted octanol–water partition coefficient (Wildman–Crippen LogP) is 1.48. The highest BCUT2D eigenvalue weighted by atomic mass is 127. The maximum atomic E-state index is 6.17. The summed E-state index contributed by atoms with van der Waals surface area (Å²) in [7, 11) is 0. The lowest BCUT2D eigenvalue weighted by Crippen LogP contribution is -2.51. The Morgan fingerprint density at radius 2 is 2.04 bits per heavy atom. The van der Waals surface area contributed by atoms with Crippen LogP contribution >= 0.6 is 35.3 Å².